The normalized spacial score (nSPS) is 12.1. The van der Waals surface area contributed by atoms with E-state index in [1.165, 1.54) is 38.5 Å². The van der Waals surface area contributed by atoms with Gasteiger partial charge < -0.3 is 9.47 Å². The van der Waals surface area contributed by atoms with E-state index >= 15 is 0 Å². The van der Waals surface area contributed by atoms with E-state index in [0.717, 1.165) is 29.7 Å². The smallest absolute Gasteiger partial charge is 0.338 e. The summed E-state index contributed by atoms with van der Waals surface area (Å²) in [6, 6.07) is 15.6. The average Bonchev–Trinajstić information content (AvgIpc) is 2.81. The maximum Gasteiger partial charge on any atom is 0.338 e. The predicted molar refractivity (Wildman–Crippen MR) is 129 cm³/mol. The molecule has 0 aliphatic heterocycles. The molecule has 1 unspecified atom stereocenters. The molecular weight excluding hydrogens is 384 g/mol. The summed E-state index contributed by atoms with van der Waals surface area (Å²) in [5, 5.41) is 0. The van der Waals surface area contributed by atoms with Crippen LogP contribution in [0.3, 0.4) is 0 Å². The first-order chi connectivity index (χ1) is 15.1. The zero-order valence-corrected chi connectivity index (χ0v) is 19.4. The van der Waals surface area contributed by atoms with E-state index in [-0.39, 0.29) is 5.97 Å². The molecule has 0 saturated carbocycles. The fourth-order valence-electron chi connectivity index (χ4n) is 3.18. The van der Waals surface area contributed by atoms with E-state index in [4.69, 9.17) is 9.47 Å². The largest absolute Gasteiger partial charge is 0.465 e. The SMILES string of the molecule is CCCCCCCC/C=C/Oc1ccc(-c2ccc(C(=O)OCC(C)CC)cc2)cc1. The van der Waals surface area contributed by atoms with Crippen molar-refractivity contribution in [1.29, 1.82) is 0 Å². The lowest BCUT2D eigenvalue weighted by atomic mass is 10.0. The minimum absolute atomic E-state index is 0.261. The van der Waals surface area contributed by atoms with Gasteiger partial charge in [-0.25, -0.2) is 4.79 Å². The number of allylic oxidation sites excluding steroid dienone is 1. The molecule has 0 N–H and O–H groups in total. The molecule has 168 valence electrons. The Hall–Kier alpha value is -2.55. The molecule has 2 rings (SSSR count). The van der Waals surface area contributed by atoms with Crippen molar-refractivity contribution < 1.29 is 14.3 Å². The molecule has 2 aromatic rings. The van der Waals surface area contributed by atoms with Gasteiger partial charge in [-0.05, 0) is 60.2 Å². The van der Waals surface area contributed by atoms with E-state index < -0.39 is 0 Å². The van der Waals surface area contributed by atoms with Gasteiger partial charge in [-0.1, -0.05) is 83.6 Å². The van der Waals surface area contributed by atoms with Crippen LogP contribution in [-0.4, -0.2) is 12.6 Å². The zero-order chi connectivity index (χ0) is 22.3. The minimum Gasteiger partial charge on any atom is -0.465 e. The van der Waals surface area contributed by atoms with Gasteiger partial charge in [0.1, 0.15) is 5.75 Å². The summed E-state index contributed by atoms with van der Waals surface area (Å²) < 4.78 is 11.1. The first-order valence-corrected chi connectivity index (χ1v) is 11.8. The molecule has 0 saturated heterocycles. The molecule has 0 amide bonds. The molecule has 0 aromatic heterocycles. The molecule has 0 heterocycles. The number of benzene rings is 2. The van der Waals surface area contributed by atoms with E-state index in [1.54, 1.807) is 6.26 Å². The summed E-state index contributed by atoms with van der Waals surface area (Å²) in [6.45, 7) is 6.88. The Balaban J connectivity index is 1.77. The molecular formula is C28H38O3. The molecule has 3 nitrogen and oxygen atoms in total. The molecule has 0 fully saturated rings. The Bertz CT molecular complexity index is 775. The second kappa shape index (κ2) is 14.5. The van der Waals surface area contributed by atoms with Crippen molar-refractivity contribution in [2.75, 3.05) is 6.61 Å². The number of rotatable bonds is 14. The molecule has 3 heteroatoms. The van der Waals surface area contributed by atoms with Crippen LogP contribution in [0.2, 0.25) is 0 Å². The summed E-state index contributed by atoms with van der Waals surface area (Å²) in [7, 11) is 0. The topological polar surface area (TPSA) is 35.5 Å². The van der Waals surface area contributed by atoms with E-state index in [0.29, 0.717) is 18.1 Å². The number of unbranched alkanes of at least 4 members (excludes halogenated alkanes) is 6. The van der Waals surface area contributed by atoms with Crippen LogP contribution in [0.15, 0.2) is 60.9 Å². The van der Waals surface area contributed by atoms with Gasteiger partial charge in [0.15, 0.2) is 0 Å². The lowest BCUT2D eigenvalue weighted by Crippen LogP contribution is -2.11. The van der Waals surface area contributed by atoms with Gasteiger partial charge in [-0.15, -0.1) is 0 Å². The maximum absolute atomic E-state index is 12.1. The Morgan fingerprint density at radius 2 is 1.48 bits per heavy atom. The number of carbonyl (C=O) groups excluding carboxylic acids is 1. The number of hydrogen-bond donors (Lipinski definition) is 0. The van der Waals surface area contributed by atoms with Crippen molar-refractivity contribution >= 4 is 5.97 Å². The van der Waals surface area contributed by atoms with Crippen molar-refractivity contribution in [1.82, 2.24) is 0 Å². The molecule has 0 aliphatic carbocycles. The monoisotopic (exact) mass is 422 g/mol. The highest BCUT2D eigenvalue weighted by atomic mass is 16.5. The fourth-order valence-corrected chi connectivity index (χ4v) is 3.18. The van der Waals surface area contributed by atoms with E-state index in [9.17, 15) is 4.79 Å². The highest BCUT2D eigenvalue weighted by molar-refractivity contribution is 5.90. The number of esters is 1. The average molecular weight is 423 g/mol. The molecule has 0 bridgehead atoms. The highest BCUT2D eigenvalue weighted by Crippen LogP contribution is 2.23. The second-order valence-electron chi connectivity index (χ2n) is 8.26. The fraction of sp³-hybridized carbons (Fsp3) is 0.464. The van der Waals surface area contributed by atoms with Crippen LogP contribution < -0.4 is 4.74 Å². The van der Waals surface area contributed by atoms with Crippen LogP contribution in [0.4, 0.5) is 0 Å². The van der Waals surface area contributed by atoms with Crippen LogP contribution in [0.1, 0.15) is 82.5 Å². The first kappa shape index (κ1) is 24.7. The van der Waals surface area contributed by atoms with Gasteiger partial charge in [0.2, 0.25) is 0 Å². The third-order valence-corrected chi connectivity index (χ3v) is 5.53. The Morgan fingerprint density at radius 1 is 0.871 bits per heavy atom. The number of carbonyl (C=O) groups is 1. The summed E-state index contributed by atoms with van der Waals surface area (Å²) >= 11 is 0. The number of ether oxygens (including phenoxy) is 2. The van der Waals surface area contributed by atoms with Gasteiger partial charge in [-0.2, -0.15) is 0 Å². The molecule has 0 spiro atoms. The van der Waals surface area contributed by atoms with Gasteiger partial charge in [0.05, 0.1) is 18.4 Å². The van der Waals surface area contributed by atoms with Crippen LogP contribution in [0.25, 0.3) is 11.1 Å². The standard InChI is InChI=1S/C28H38O3/c1-4-6-7-8-9-10-11-12-21-30-27-19-17-25(18-20-27)24-13-15-26(16-14-24)28(29)31-22-23(3)5-2/h12-21,23H,4-11,22H2,1-3H3/b21-12+. The summed E-state index contributed by atoms with van der Waals surface area (Å²) in [4.78, 5) is 12.1. The van der Waals surface area contributed by atoms with E-state index in [2.05, 4.69) is 26.8 Å². The molecule has 2 aromatic carbocycles. The molecule has 31 heavy (non-hydrogen) atoms. The van der Waals surface area contributed by atoms with Crippen molar-refractivity contribution in [3.8, 4) is 16.9 Å². The Morgan fingerprint density at radius 3 is 2.13 bits per heavy atom. The van der Waals surface area contributed by atoms with Crippen molar-refractivity contribution in [2.24, 2.45) is 5.92 Å². The van der Waals surface area contributed by atoms with E-state index in [1.807, 2.05) is 48.5 Å². The predicted octanol–water partition coefficient (Wildman–Crippen LogP) is 8.20. The lowest BCUT2D eigenvalue weighted by Gasteiger charge is -2.10. The van der Waals surface area contributed by atoms with Gasteiger partial charge >= 0.3 is 5.97 Å². The van der Waals surface area contributed by atoms with Crippen molar-refractivity contribution in [2.45, 2.75) is 72.1 Å². The third kappa shape index (κ3) is 9.42. The first-order valence-electron chi connectivity index (χ1n) is 11.8. The summed E-state index contributed by atoms with van der Waals surface area (Å²) in [5.41, 5.74) is 2.73. The third-order valence-electron chi connectivity index (χ3n) is 5.53. The molecule has 1 atom stereocenters. The van der Waals surface area contributed by atoms with Crippen LogP contribution in [-0.2, 0) is 4.74 Å². The van der Waals surface area contributed by atoms with Crippen LogP contribution in [0, 0.1) is 5.92 Å². The second-order valence-corrected chi connectivity index (χ2v) is 8.26. The zero-order valence-electron chi connectivity index (χ0n) is 19.4. The minimum atomic E-state index is -0.261. The lowest BCUT2D eigenvalue weighted by molar-refractivity contribution is 0.0447. The number of hydrogen-bond acceptors (Lipinski definition) is 3. The molecule has 0 aliphatic rings. The Kier molecular flexibility index (Phi) is 11.5. The maximum atomic E-state index is 12.1. The van der Waals surface area contributed by atoms with Crippen LogP contribution in [0.5, 0.6) is 5.75 Å². The van der Waals surface area contributed by atoms with Gasteiger partial charge in [-0.3, -0.25) is 0 Å². The Labute approximate surface area is 188 Å². The van der Waals surface area contributed by atoms with Gasteiger partial charge in [0, 0.05) is 0 Å². The van der Waals surface area contributed by atoms with Crippen LogP contribution >= 0.6 is 0 Å². The van der Waals surface area contributed by atoms with Crippen molar-refractivity contribution in [3.05, 3.63) is 66.4 Å². The summed E-state index contributed by atoms with van der Waals surface area (Å²) in [6.07, 6.45) is 13.8. The summed E-state index contributed by atoms with van der Waals surface area (Å²) in [5.74, 6) is 0.950. The molecule has 0 radical (unpaired) electrons. The van der Waals surface area contributed by atoms with Crippen molar-refractivity contribution in [3.63, 3.8) is 0 Å². The highest BCUT2D eigenvalue weighted by Gasteiger charge is 2.09. The van der Waals surface area contributed by atoms with Gasteiger partial charge in [0.25, 0.3) is 0 Å². The quantitative estimate of drug-likeness (QED) is 0.175.